The van der Waals surface area contributed by atoms with Crippen LogP contribution >= 0.6 is 23.2 Å². The first-order valence-corrected chi connectivity index (χ1v) is 8.83. The SMILES string of the molecule is Fc1ccc(Nc2c3c(cc4ccc(Cl)cc24)CCCC3)cc1Cl. The van der Waals surface area contributed by atoms with Crippen molar-refractivity contribution in [2.75, 3.05) is 5.32 Å². The molecule has 24 heavy (non-hydrogen) atoms. The number of nitrogens with one attached hydrogen (secondary N) is 1. The second-order valence-electron chi connectivity index (χ2n) is 6.22. The van der Waals surface area contributed by atoms with E-state index < -0.39 is 5.82 Å². The monoisotopic (exact) mass is 359 g/mol. The fourth-order valence-corrected chi connectivity index (χ4v) is 3.81. The lowest BCUT2D eigenvalue weighted by Crippen LogP contribution is -2.07. The van der Waals surface area contributed by atoms with Gasteiger partial charge in [-0.3, -0.25) is 0 Å². The molecule has 0 aliphatic heterocycles. The van der Waals surface area contributed by atoms with E-state index in [0.29, 0.717) is 5.02 Å². The smallest absolute Gasteiger partial charge is 0.141 e. The minimum Gasteiger partial charge on any atom is -0.355 e. The summed E-state index contributed by atoms with van der Waals surface area (Å²) in [4.78, 5) is 0. The quantitative estimate of drug-likeness (QED) is 0.524. The topological polar surface area (TPSA) is 12.0 Å². The van der Waals surface area contributed by atoms with Crippen LogP contribution in [-0.2, 0) is 12.8 Å². The first-order valence-electron chi connectivity index (χ1n) is 8.08. The maximum absolute atomic E-state index is 13.4. The fraction of sp³-hybridized carbons (Fsp3) is 0.200. The Kier molecular flexibility index (Phi) is 4.11. The lowest BCUT2D eigenvalue weighted by Gasteiger charge is -2.23. The molecule has 1 aliphatic carbocycles. The highest BCUT2D eigenvalue weighted by Crippen LogP contribution is 2.38. The van der Waals surface area contributed by atoms with E-state index in [-0.39, 0.29) is 5.02 Å². The Morgan fingerprint density at radius 1 is 0.917 bits per heavy atom. The lowest BCUT2D eigenvalue weighted by atomic mass is 9.87. The van der Waals surface area contributed by atoms with Gasteiger partial charge in [0.25, 0.3) is 0 Å². The van der Waals surface area contributed by atoms with Crippen molar-refractivity contribution in [3.63, 3.8) is 0 Å². The molecule has 1 nitrogen and oxygen atoms in total. The second-order valence-corrected chi connectivity index (χ2v) is 7.06. The maximum Gasteiger partial charge on any atom is 0.141 e. The van der Waals surface area contributed by atoms with Crippen LogP contribution in [0.2, 0.25) is 10.0 Å². The van der Waals surface area contributed by atoms with Gasteiger partial charge in [-0.25, -0.2) is 4.39 Å². The third kappa shape index (κ3) is 2.85. The molecule has 0 atom stereocenters. The molecular weight excluding hydrogens is 344 g/mol. The summed E-state index contributed by atoms with van der Waals surface area (Å²) in [7, 11) is 0. The summed E-state index contributed by atoms with van der Waals surface area (Å²) in [6.45, 7) is 0. The fourth-order valence-electron chi connectivity index (χ4n) is 3.46. The Balaban J connectivity index is 1.91. The number of hydrogen-bond donors (Lipinski definition) is 1. The molecule has 0 saturated heterocycles. The average molecular weight is 360 g/mol. The Hall–Kier alpha value is -1.77. The molecule has 3 aromatic rings. The van der Waals surface area contributed by atoms with Gasteiger partial charge in [-0.2, -0.15) is 0 Å². The summed E-state index contributed by atoms with van der Waals surface area (Å²) < 4.78 is 13.4. The van der Waals surface area contributed by atoms with E-state index in [9.17, 15) is 4.39 Å². The van der Waals surface area contributed by atoms with E-state index >= 15 is 0 Å². The van der Waals surface area contributed by atoms with Gasteiger partial charge in [-0.05, 0) is 72.5 Å². The van der Waals surface area contributed by atoms with Gasteiger partial charge in [-0.15, -0.1) is 0 Å². The van der Waals surface area contributed by atoms with Crippen molar-refractivity contribution in [2.24, 2.45) is 0 Å². The Morgan fingerprint density at radius 2 is 1.75 bits per heavy atom. The van der Waals surface area contributed by atoms with Crippen LogP contribution in [0.1, 0.15) is 24.0 Å². The van der Waals surface area contributed by atoms with Crippen LogP contribution in [0.3, 0.4) is 0 Å². The molecule has 0 radical (unpaired) electrons. The minimum absolute atomic E-state index is 0.118. The van der Waals surface area contributed by atoms with Crippen LogP contribution < -0.4 is 5.32 Å². The highest BCUT2D eigenvalue weighted by Gasteiger charge is 2.17. The molecule has 122 valence electrons. The largest absolute Gasteiger partial charge is 0.355 e. The Bertz CT molecular complexity index is 937. The molecule has 4 heteroatoms. The van der Waals surface area contributed by atoms with Crippen molar-refractivity contribution in [3.05, 3.63) is 69.5 Å². The van der Waals surface area contributed by atoms with E-state index in [0.717, 1.165) is 35.0 Å². The molecule has 0 bridgehead atoms. The molecule has 0 heterocycles. The van der Waals surface area contributed by atoms with Gasteiger partial charge in [-0.1, -0.05) is 35.3 Å². The standard InChI is InChI=1S/C20H16Cl2FN/c21-14-6-5-13-9-12-3-1-2-4-16(12)20(17(13)10-14)24-15-7-8-19(23)18(22)11-15/h5-11,24H,1-4H2. The molecule has 0 saturated carbocycles. The van der Waals surface area contributed by atoms with Crippen LogP contribution in [0.15, 0.2) is 42.5 Å². The maximum atomic E-state index is 13.4. The summed E-state index contributed by atoms with van der Waals surface area (Å²) in [6, 6.07) is 12.9. The van der Waals surface area contributed by atoms with E-state index in [1.165, 1.54) is 30.0 Å². The predicted molar refractivity (Wildman–Crippen MR) is 100 cm³/mol. The first kappa shape index (κ1) is 15.7. The molecule has 3 aromatic carbocycles. The first-order chi connectivity index (χ1) is 11.6. The number of halogens is 3. The van der Waals surface area contributed by atoms with Crippen molar-refractivity contribution in [2.45, 2.75) is 25.7 Å². The van der Waals surface area contributed by atoms with Gasteiger partial charge in [0, 0.05) is 21.8 Å². The summed E-state index contributed by atoms with van der Waals surface area (Å²) in [5.41, 5.74) is 4.55. The highest BCUT2D eigenvalue weighted by atomic mass is 35.5. The zero-order chi connectivity index (χ0) is 16.7. The van der Waals surface area contributed by atoms with E-state index in [4.69, 9.17) is 23.2 Å². The second kappa shape index (κ2) is 6.27. The van der Waals surface area contributed by atoms with Gasteiger partial charge in [0.05, 0.1) is 5.02 Å². The van der Waals surface area contributed by atoms with E-state index in [1.54, 1.807) is 12.1 Å². The van der Waals surface area contributed by atoms with Crippen LogP contribution in [0.5, 0.6) is 0 Å². The molecule has 0 aromatic heterocycles. The van der Waals surface area contributed by atoms with Crippen molar-refractivity contribution in [3.8, 4) is 0 Å². The number of benzene rings is 3. The van der Waals surface area contributed by atoms with Gasteiger partial charge in [0.1, 0.15) is 5.82 Å². The van der Waals surface area contributed by atoms with E-state index in [1.807, 2.05) is 12.1 Å². The normalized spacial score (nSPS) is 13.8. The van der Waals surface area contributed by atoms with Crippen LogP contribution in [-0.4, -0.2) is 0 Å². The summed E-state index contributed by atoms with van der Waals surface area (Å²) >= 11 is 12.2. The molecule has 1 aliphatic rings. The van der Waals surface area contributed by atoms with E-state index in [2.05, 4.69) is 17.4 Å². The highest BCUT2D eigenvalue weighted by molar-refractivity contribution is 6.31. The Morgan fingerprint density at radius 3 is 2.58 bits per heavy atom. The van der Waals surface area contributed by atoms with Crippen LogP contribution in [0, 0.1) is 5.82 Å². The number of hydrogen-bond acceptors (Lipinski definition) is 1. The Labute approximate surface area is 150 Å². The summed E-state index contributed by atoms with van der Waals surface area (Å²) in [6.07, 6.45) is 4.52. The zero-order valence-corrected chi connectivity index (χ0v) is 14.5. The molecule has 0 unspecified atom stereocenters. The number of fused-ring (bicyclic) bond motifs is 2. The molecule has 0 amide bonds. The zero-order valence-electron chi connectivity index (χ0n) is 13.0. The molecule has 0 fully saturated rings. The van der Waals surface area contributed by atoms with Crippen molar-refractivity contribution in [1.82, 2.24) is 0 Å². The number of rotatable bonds is 2. The van der Waals surface area contributed by atoms with Crippen LogP contribution in [0.4, 0.5) is 15.8 Å². The van der Waals surface area contributed by atoms with Crippen molar-refractivity contribution in [1.29, 1.82) is 0 Å². The van der Waals surface area contributed by atoms with Gasteiger partial charge in [0.2, 0.25) is 0 Å². The molecule has 1 N–H and O–H groups in total. The molecular formula is C20H16Cl2FN. The average Bonchev–Trinajstić information content (AvgIpc) is 2.58. The summed E-state index contributed by atoms with van der Waals surface area (Å²) in [5.74, 6) is -0.412. The van der Waals surface area contributed by atoms with Crippen molar-refractivity contribution < 1.29 is 4.39 Å². The third-order valence-electron chi connectivity index (χ3n) is 4.62. The molecule has 4 rings (SSSR count). The molecule has 0 spiro atoms. The van der Waals surface area contributed by atoms with Gasteiger partial charge < -0.3 is 5.32 Å². The van der Waals surface area contributed by atoms with Crippen LogP contribution in [0.25, 0.3) is 10.8 Å². The predicted octanol–water partition coefficient (Wildman–Crippen LogP) is 6.91. The number of aryl methyl sites for hydroxylation is 1. The van der Waals surface area contributed by atoms with Gasteiger partial charge in [0.15, 0.2) is 0 Å². The lowest BCUT2D eigenvalue weighted by molar-refractivity contribution is 0.628. The van der Waals surface area contributed by atoms with Crippen molar-refractivity contribution >= 4 is 45.3 Å². The number of anilines is 2. The summed E-state index contributed by atoms with van der Waals surface area (Å²) in [5, 5.41) is 6.53. The minimum atomic E-state index is -0.412. The third-order valence-corrected chi connectivity index (χ3v) is 5.14. The van der Waals surface area contributed by atoms with Gasteiger partial charge >= 0.3 is 0 Å².